The molecule has 106 valence electrons. The Balaban J connectivity index is 1.67. The number of hydrogen-bond donors (Lipinski definition) is 0. The van der Waals surface area contributed by atoms with E-state index < -0.39 is 0 Å². The maximum atomic E-state index is 8.51. The van der Waals surface area contributed by atoms with Crippen molar-refractivity contribution in [2.24, 2.45) is 5.92 Å². The van der Waals surface area contributed by atoms with E-state index in [0.29, 0.717) is 12.0 Å². The molecule has 3 rings (SSSR count). The van der Waals surface area contributed by atoms with Crippen molar-refractivity contribution in [2.75, 3.05) is 7.11 Å². The van der Waals surface area contributed by atoms with Crippen LogP contribution in [0.2, 0.25) is 0 Å². The van der Waals surface area contributed by atoms with Gasteiger partial charge < -0.3 is 4.74 Å². The van der Waals surface area contributed by atoms with Gasteiger partial charge in [-0.2, -0.15) is 10.4 Å². The summed E-state index contributed by atoms with van der Waals surface area (Å²) < 4.78 is 7.10. The van der Waals surface area contributed by atoms with Crippen molar-refractivity contribution < 1.29 is 4.74 Å². The van der Waals surface area contributed by atoms with Gasteiger partial charge in [-0.05, 0) is 30.9 Å². The molecule has 0 atom stereocenters. The quantitative estimate of drug-likeness (QED) is 0.808. The van der Waals surface area contributed by atoms with Gasteiger partial charge in [0.1, 0.15) is 5.75 Å². The molecule has 0 aliphatic heterocycles. The monoisotopic (exact) mass is 280 g/mol. The van der Waals surface area contributed by atoms with Gasteiger partial charge in [0.15, 0.2) is 0 Å². The molecule has 2 aromatic rings. The lowest BCUT2D eigenvalue weighted by Crippen LogP contribution is -2.25. The van der Waals surface area contributed by atoms with Crippen LogP contribution in [0.15, 0.2) is 42.9 Å². The molecule has 0 saturated heterocycles. The van der Waals surface area contributed by atoms with Crippen LogP contribution in [-0.2, 0) is 0 Å². The van der Waals surface area contributed by atoms with Gasteiger partial charge in [0.2, 0.25) is 0 Å². The molecule has 21 heavy (non-hydrogen) atoms. The van der Waals surface area contributed by atoms with Crippen LogP contribution in [0, 0.1) is 17.2 Å². The lowest BCUT2D eigenvalue weighted by molar-refractivity contribution is 0.224. The highest BCUT2D eigenvalue weighted by molar-refractivity contribution is 5.57. The van der Waals surface area contributed by atoms with Gasteiger partial charge in [0, 0.05) is 17.8 Å². The summed E-state index contributed by atoms with van der Waals surface area (Å²) in [4.78, 5) is 4.37. The van der Waals surface area contributed by atoms with Crippen molar-refractivity contribution in [1.29, 1.82) is 5.26 Å². The van der Waals surface area contributed by atoms with Crippen LogP contribution in [0.5, 0.6) is 5.75 Å². The van der Waals surface area contributed by atoms with Crippen molar-refractivity contribution in [3.05, 3.63) is 42.9 Å². The third kappa shape index (κ3) is 2.79. The number of aromatic nitrogens is 3. The van der Waals surface area contributed by atoms with Gasteiger partial charge >= 0.3 is 0 Å². The van der Waals surface area contributed by atoms with E-state index in [-0.39, 0.29) is 0 Å². The molecular formula is C16H16N4O. The first-order valence-corrected chi connectivity index (χ1v) is 6.91. The second-order valence-corrected chi connectivity index (χ2v) is 5.17. The van der Waals surface area contributed by atoms with Crippen LogP contribution in [0.1, 0.15) is 18.9 Å². The molecule has 5 heteroatoms. The van der Waals surface area contributed by atoms with Gasteiger partial charge in [-0.25, -0.2) is 0 Å². The lowest BCUT2D eigenvalue weighted by Gasteiger charge is -2.33. The first-order valence-electron chi connectivity index (χ1n) is 6.91. The Labute approximate surface area is 123 Å². The average molecular weight is 280 g/mol. The highest BCUT2D eigenvalue weighted by atomic mass is 16.5. The van der Waals surface area contributed by atoms with Crippen LogP contribution in [0.25, 0.3) is 11.3 Å². The zero-order valence-corrected chi connectivity index (χ0v) is 11.8. The predicted octanol–water partition coefficient (Wildman–Crippen LogP) is 2.98. The molecule has 1 aliphatic rings. The molecule has 0 N–H and O–H groups in total. The van der Waals surface area contributed by atoms with Gasteiger partial charge in [-0.1, -0.05) is 6.08 Å². The second-order valence-electron chi connectivity index (χ2n) is 5.17. The molecule has 0 unspecified atom stereocenters. The fourth-order valence-corrected chi connectivity index (χ4v) is 2.52. The Morgan fingerprint density at radius 1 is 1.38 bits per heavy atom. The maximum Gasteiger partial charge on any atom is 0.137 e. The largest absolute Gasteiger partial charge is 0.495 e. The van der Waals surface area contributed by atoms with Crippen LogP contribution >= 0.6 is 0 Å². The number of nitriles is 1. The topological polar surface area (TPSA) is 63.7 Å². The zero-order chi connectivity index (χ0) is 14.7. The molecule has 0 spiro atoms. The molecule has 0 bridgehead atoms. The highest BCUT2D eigenvalue weighted by Gasteiger charge is 2.29. The van der Waals surface area contributed by atoms with Crippen molar-refractivity contribution in [3.8, 4) is 23.1 Å². The minimum absolute atomic E-state index is 0.422. The van der Waals surface area contributed by atoms with Crippen molar-refractivity contribution in [3.63, 3.8) is 0 Å². The van der Waals surface area contributed by atoms with E-state index in [0.717, 1.165) is 29.8 Å². The van der Waals surface area contributed by atoms with Gasteiger partial charge in [-0.15, -0.1) is 0 Å². The van der Waals surface area contributed by atoms with Crippen LogP contribution in [0.3, 0.4) is 0 Å². The summed E-state index contributed by atoms with van der Waals surface area (Å²) in [7, 11) is 1.63. The number of methoxy groups -OCH3 is 1. The molecule has 5 nitrogen and oxygen atoms in total. The normalized spacial score (nSPS) is 21.0. The van der Waals surface area contributed by atoms with Crippen LogP contribution < -0.4 is 4.74 Å². The Hall–Kier alpha value is -2.61. The third-order valence-corrected chi connectivity index (χ3v) is 3.84. The molecule has 0 amide bonds. The molecule has 0 aromatic carbocycles. The lowest BCUT2D eigenvalue weighted by atomic mass is 9.80. The summed E-state index contributed by atoms with van der Waals surface area (Å²) in [5.41, 5.74) is 1.90. The van der Waals surface area contributed by atoms with E-state index in [4.69, 9.17) is 10.00 Å². The van der Waals surface area contributed by atoms with E-state index in [1.165, 1.54) is 0 Å². The number of pyridine rings is 1. The predicted molar refractivity (Wildman–Crippen MR) is 78.5 cm³/mol. The maximum absolute atomic E-state index is 8.51. The number of nitrogens with zero attached hydrogens (tertiary/aromatic N) is 4. The van der Waals surface area contributed by atoms with Crippen molar-refractivity contribution in [1.82, 2.24) is 14.8 Å². The van der Waals surface area contributed by atoms with Crippen LogP contribution in [0.4, 0.5) is 0 Å². The zero-order valence-electron chi connectivity index (χ0n) is 11.8. The third-order valence-electron chi connectivity index (χ3n) is 3.84. The standard InChI is InChI=1S/C16H16N4O/c1-21-15-4-5-16(18-10-15)13-9-19-20(11-13)14-7-12(8-14)3-2-6-17/h2-5,9-12,14H,7-8H2,1H3/b3-2+. The first kappa shape index (κ1) is 13.4. The summed E-state index contributed by atoms with van der Waals surface area (Å²) in [5.74, 6) is 1.25. The number of ether oxygens (including phenoxy) is 1. The van der Waals surface area contributed by atoms with E-state index >= 15 is 0 Å². The second kappa shape index (κ2) is 5.80. The van der Waals surface area contributed by atoms with Gasteiger partial charge in [0.25, 0.3) is 0 Å². The van der Waals surface area contributed by atoms with Crippen LogP contribution in [-0.4, -0.2) is 21.9 Å². The summed E-state index contributed by atoms with van der Waals surface area (Å²) >= 11 is 0. The van der Waals surface area contributed by atoms with Gasteiger partial charge in [-0.3, -0.25) is 9.67 Å². The van der Waals surface area contributed by atoms with Crippen molar-refractivity contribution >= 4 is 0 Å². The van der Waals surface area contributed by atoms with E-state index in [1.54, 1.807) is 19.4 Å². The average Bonchev–Trinajstić information content (AvgIpc) is 2.95. The summed E-state index contributed by atoms with van der Waals surface area (Å²) in [6.45, 7) is 0. The molecule has 1 aliphatic carbocycles. The molecular weight excluding hydrogens is 264 g/mol. The summed E-state index contributed by atoms with van der Waals surface area (Å²) in [6, 6.07) is 6.28. The Kier molecular flexibility index (Phi) is 3.69. The molecule has 1 fully saturated rings. The molecule has 0 radical (unpaired) electrons. The van der Waals surface area contributed by atoms with Crippen molar-refractivity contribution in [2.45, 2.75) is 18.9 Å². The number of hydrogen-bond acceptors (Lipinski definition) is 4. The SMILES string of the molecule is COc1ccc(-c2cnn(C3CC(/C=C/C#N)C3)c2)nc1. The van der Waals surface area contributed by atoms with E-state index in [9.17, 15) is 0 Å². The smallest absolute Gasteiger partial charge is 0.137 e. The molecule has 1 saturated carbocycles. The van der Waals surface area contributed by atoms with E-state index in [1.807, 2.05) is 41.4 Å². The molecule has 2 heterocycles. The molecule has 2 aromatic heterocycles. The fraction of sp³-hybridized carbons (Fsp3) is 0.312. The summed E-state index contributed by atoms with van der Waals surface area (Å²) in [6.07, 6.45) is 11.2. The Bertz CT molecular complexity index is 675. The van der Waals surface area contributed by atoms with E-state index in [2.05, 4.69) is 10.1 Å². The summed E-state index contributed by atoms with van der Waals surface area (Å²) in [5, 5.41) is 12.9. The minimum Gasteiger partial charge on any atom is -0.495 e. The van der Waals surface area contributed by atoms with Gasteiger partial charge in [0.05, 0.1) is 37.3 Å². The number of allylic oxidation sites excluding steroid dienone is 2. The number of rotatable bonds is 4. The fourth-order valence-electron chi connectivity index (χ4n) is 2.52. The first-order chi connectivity index (χ1) is 10.3. The minimum atomic E-state index is 0.422. The highest BCUT2D eigenvalue weighted by Crippen LogP contribution is 2.38. The Morgan fingerprint density at radius 2 is 2.24 bits per heavy atom. The Morgan fingerprint density at radius 3 is 2.90 bits per heavy atom.